The normalized spacial score (nSPS) is 36.1. The second-order valence-corrected chi connectivity index (χ2v) is 16.2. The Balaban J connectivity index is 1.04. The number of fused-ring (bicyclic) bond motifs is 6. The van der Waals surface area contributed by atoms with Crippen molar-refractivity contribution < 1.29 is 67.7 Å². The molecule has 7 N–H and O–H groups in total. The van der Waals surface area contributed by atoms with Crippen LogP contribution in [-0.4, -0.2) is 138 Å². The lowest BCUT2D eigenvalue weighted by Gasteiger charge is -2.69. The van der Waals surface area contributed by atoms with Gasteiger partial charge in [-0.1, -0.05) is 12.1 Å². The van der Waals surface area contributed by atoms with Crippen molar-refractivity contribution >= 4 is 23.4 Å². The van der Waals surface area contributed by atoms with E-state index < -0.39 is 101 Å². The SMILES string of the molecule is COc1cccc2c1C(=O)c1c(O)c3c(c(O)c1C2=O)C[C@@](O)(C(=O)NC12CC(OCNC(=O)CN)(C1)C2)CC3O[C@H]1C[C@H]2[C@H](O[C@@H]3[C@@H](OC)OCCN32)[C@H](C)O1. The molecule has 3 aliphatic heterocycles. The minimum absolute atomic E-state index is 0.0277. The average molecular weight is 795 g/mol. The van der Waals surface area contributed by atoms with Gasteiger partial charge < -0.3 is 64.8 Å². The number of aromatic hydroxyl groups is 2. The van der Waals surface area contributed by atoms with E-state index in [0.29, 0.717) is 32.4 Å². The number of ketones is 2. The summed E-state index contributed by atoms with van der Waals surface area (Å²) in [5.74, 6) is -3.73. The molecular weight excluding hydrogens is 748 g/mol. The summed E-state index contributed by atoms with van der Waals surface area (Å²) in [6.07, 6.45) is -3.47. The molecule has 8 aliphatic rings. The monoisotopic (exact) mass is 794 g/mol. The van der Waals surface area contributed by atoms with E-state index in [1.54, 1.807) is 7.11 Å². The summed E-state index contributed by atoms with van der Waals surface area (Å²) in [6, 6.07) is 4.29. The number of nitrogens with one attached hydrogen (secondary N) is 2. The number of ether oxygens (including phenoxy) is 7. The fourth-order valence-electron chi connectivity index (χ4n) is 10.2. The van der Waals surface area contributed by atoms with Crippen LogP contribution in [0.1, 0.15) is 88.1 Å². The van der Waals surface area contributed by atoms with E-state index in [2.05, 4.69) is 15.5 Å². The molecule has 1 unspecified atom stereocenters. The van der Waals surface area contributed by atoms with E-state index in [-0.39, 0.29) is 65.8 Å². The predicted molar refractivity (Wildman–Crippen MR) is 192 cm³/mol. The lowest BCUT2D eigenvalue weighted by atomic mass is 9.46. The first-order valence-corrected chi connectivity index (χ1v) is 19.1. The minimum atomic E-state index is -2.21. The number of morpholine rings is 1. The van der Waals surface area contributed by atoms with Crippen LogP contribution in [0.2, 0.25) is 0 Å². The van der Waals surface area contributed by atoms with E-state index in [1.165, 1.54) is 25.3 Å². The number of phenols is 2. The van der Waals surface area contributed by atoms with Crippen LogP contribution in [0, 0.1) is 0 Å². The molecule has 0 spiro atoms. The van der Waals surface area contributed by atoms with Gasteiger partial charge in [-0.3, -0.25) is 24.1 Å². The highest BCUT2D eigenvalue weighted by atomic mass is 16.7. The topological polar surface area (TPSA) is 247 Å². The molecule has 0 radical (unpaired) electrons. The number of benzene rings is 2. The van der Waals surface area contributed by atoms with Crippen molar-refractivity contribution in [3.05, 3.63) is 51.6 Å². The Morgan fingerprint density at radius 3 is 2.53 bits per heavy atom. The first kappa shape index (κ1) is 38.3. The summed E-state index contributed by atoms with van der Waals surface area (Å²) in [6.45, 7) is 2.62. The molecular formula is C39H46N4O14. The summed E-state index contributed by atoms with van der Waals surface area (Å²) in [5, 5.41) is 41.9. The highest BCUT2D eigenvalue weighted by Crippen LogP contribution is 2.63. The highest BCUT2D eigenvalue weighted by Gasteiger charge is 2.70. The van der Waals surface area contributed by atoms with Crippen molar-refractivity contribution in [1.29, 1.82) is 0 Å². The number of phenolic OH excluding ortho intramolecular Hbond substituents is 2. The number of amides is 2. The van der Waals surface area contributed by atoms with Crippen LogP contribution in [-0.2, 0) is 44.4 Å². The largest absolute Gasteiger partial charge is 0.507 e. The molecule has 306 valence electrons. The van der Waals surface area contributed by atoms with Gasteiger partial charge in [-0.15, -0.1) is 0 Å². The third kappa shape index (κ3) is 5.87. The van der Waals surface area contributed by atoms with E-state index in [1.807, 2.05) is 6.92 Å². The van der Waals surface area contributed by atoms with Gasteiger partial charge in [0.15, 0.2) is 24.6 Å². The predicted octanol–water partition coefficient (Wildman–Crippen LogP) is -0.00980. The summed E-state index contributed by atoms with van der Waals surface area (Å²) in [5.41, 5.74) is 0.825. The number of hydrogen-bond acceptors (Lipinski definition) is 16. The number of nitrogens with two attached hydrogens (primary N) is 1. The maximum atomic E-state index is 14.2. The minimum Gasteiger partial charge on any atom is -0.507 e. The molecule has 2 bridgehead atoms. The molecule has 18 heteroatoms. The van der Waals surface area contributed by atoms with Crippen molar-refractivity contribution in [3.8, 4) is 17.2 Å². The van der Waals surface area contributed by atoms with Gasteiger partial charge in [-0.05, 0) is 32.3 Å². The van der Waals surface area contributed by atoms with Crippen molar-refractivity contribution in [2.45, 2.75) is 105 Å². The highest BCUT2D eigenvalue weighted by molar-refractivity contribution is 6.31. The zero-order valence-electron chi connectivity index (χ0n) is 31.7. The van der Waals surface area contributed by atoms with E-state index in [0.717, 1.165) is 0 Å². The average Bonchev–Trinajstić information content (AvgIpc) is 3.55. The number of nitrogens with zero attached hydrogens (tertiary/aromatic N) is 1. The summed E-state index contributed by atoms with van der Waals surface area (Å²) in [4.78, 5) is 56.1. The van der Waals surface area contributed by atoms with Gasteiger partial charge >= 0.3 is 0 Å². The zero-order valence-corrected chi connectivity index (χ0v) is 31.7. The maximum Gasteiger partial charge on any atom is 0.252 e. The Bertz CT molecular complexity index is 2040. The molecule has 6 fully saturated rings. The van der Waals surface area contributed by atoms with Crippen LogP contribution in [0.4, 0.5) is 0 Å². The third-order valence-electron chi connectivity index (χ3n) is 12.8. The second-order valence-electron chi connectivity index (χ2n) is 16.2. The van der Waals surface area contributed by atoms with Gasteiger partial charge in [0.05, 0.1) is 54.8 Å². The summed E-state index contributed by atoms with van der Waals surface area (Å²) >= 11 is 0. The number of carbonyl (C=O) groups is 4. The molecule has 10 rings (SSSR count). The Labute approximate surface area is 326 Å². The van der Waals surface area contributed by atoms with E-state index in [9.17, 15) is 34.5 Å². The van der Waals surface area contributed by atoms with Gasteiger partial charge in [-0.25, -0.2) is 0 Å². The number of carbonyl (C=O) groups excluding carboxylic acids is 4. The Morgan fingerprint density at radius 2 is 1.81 bits per heavy atom. The molecule has 0 aromatic heterocycles. The van der Waals surface area contributed by atoms with Gasteiger partial charge in [0.1, 0.15) is 35.7 Å². The van der Waals surface area contributed by atoms with Gasteiger partial charge in [0, 0.05) is 61.2 Å². The van der Waals surface area contributed by atoms with Crippen LogP contribution in [0.3, 0.4) is 0 Å². The summed E-state index contributed by atoms with van der Waals surface area (Å²) < 4.78 is 41.8. The Morgan fingerprint density at radius 1 is 1.05 bits per heavy atom. The molecule has 3 saturated heterocycles. The molecule has 2 aromatic rings. The van der Waals surface area contributed by atoms with Gasteiger partial charge in [-0.2, -0.15) is 0 Å². The van der Waals surface area contributed by atoms with Crippen LogP contribution >= 0.6 is 0 Å². The molecule has 3 heterocycles. The van der Waals surface area contributed by atoms with Crippen LogP contribution in [0.15, 0.2) is 18.2 Å². The Hall–Kier alpha value is -4.24. The molecule has 5 aliphatic carbocycles. The van der Waals surface area contributed by atoms with Crippen LogP contribution in [0.25, 0.3) is 0 Å². The van der Waals surface area contributed by atoms with E-state index >= 15 is 0 Å². The van der Waals surface area contributed by atoms with E-state index in [4.69, 9.17) is 38.9 Å². The third-order valence-corrected chi connectivity index (χ3v) is 12.8. The first-order valence-electron chi connectivity index (χ1n) is 19.1. The van der Waals surface area contributed by atoms with Crippen molar-refractivity contribution in [3.63, 3.8) is 0 Å². The van der Waals surface area contributed by atoms with Crippen molar-refractivity contribution in [2.24, 2.45) is 5.73 Å². The molecule has 8 atom stereocenters. The van der Waals surface area contributed by atoms with Crippen molar-refractivity contribution in [2.75, 3.05) is 40.6 Å². The molecule has 3 saturated carbocycles. The molecule has 2 amide bonds. The number of aliphatic hydroxyl groups is 1. The lowest BCUT2D eigenvalue weighted by Crippen LogP contribution is -2.81. The fraction of sp³-hybridized carbons (Fsp3) is 0.590. The Kier molecular flexibility index (Phi) is 9.18. The zero-order chi connectivity index (χ0) is 40.2. The second kappa shape index (κ2) is 13.7. The number of hydrogen-bond donors (Lipinski definition) is 6. The first-order chi connectivity index (χ1) is 27.2. The maximum absolute atomic E-state index is 14.2. The smallest absolute Gasteiger partial charge is 0.252 e. The molecule has 2 aromatic carbocycles. The fourth-order valence-corrected chi connectivity index (χ4v) is 10.2. The summed E-state index contributed by atoms with van der Waals surface area (Å²) in [7, 11) is 2.90. The lowest BCUT2D eigenvalue weighted by molar-refractivity contribution is -0.259. The standard InChI is InChI=1S/C39H46N4O14/c1-17-33-20(43-7-8-53-35(52-3)34(43)57-33)9-24(55-17)56-22-11-39(50,36(49)42-37-13-38(14-37,15-37)54-16-41-23(44)12-40)10-19-26(22)32(48)28-27(30(19)46)29(45)18-5-4-6-21(51-2)25(18)31(28)47/h4-6,17,20,22,24,33-35,46,48,50H,7-16,40H2,1-3H3,(H,41,44)(H,42,49)/t17-,20-,22?,24-,33+,34+,35-,37?,38?,39-/m0/s1. The van der Waals surface area contributed by atoms with Crippen LogP contribution < -0.4 is 21.1 Å². The molecule has 18 nitrogen and oxygen atoms in total. The number of rotatable bonds is 10. The van der Waals surface area contributed by atoms with Crippen LogP contribution in [0.5, 0.6) is 17.2 Å². The quantitative estimate of drug-likeness (QED) is 0.117. The number of methoxy groups -OCH3 is 2. The van der Waals surface area contributed by atoms with Gasteiger partial charge in [0.25, 0.3) is 5.91 Å². The molecule has 57 heavy (non-hydrogen) atoms. The van der Waals surface area contributed by atoms with Gasteiger partial charge in [0.2, 0.25) is 11.7 Å². The van der Waals surface area contributed by atoms with Crippen molar-refractivity contribution in [1.82, 2.24) is 15.5 Å².